The maximum absolute atomic E-state index is 12.6. The first-order valence-corrected chi connectivity index (χ1v) is 11.3. The molecule has 1 amide bonds. The lowest BCUT2D eigenvalue weighted by atomic mass is 10.3. The number of thioether (sulfide) groups is 1. The van der Waals surface area contributed by atoms with Gasteiger partial charge in [0.05, 0.1) is 10.6 Å². The number of hydrogen-bond acceptors (Lipinski definition) is 6. The standard InChI is InChI=1S/C18H25N5O3S2/c1-5-11-23-14(4)20-21-18(23)27-13-17(24)19-15-9-8-10-16(12-15)28(25,26)22(6-2)7-3/h5,8-10,12H,1,6-7,11,13H2,2-4H3,(H,19,24). The van der Waals surface area contributed by atoms with Crippen molar-refractivity contribution >= 4 is 33.4 Å². The van der Waals surface area contributed by atoms with Gasteiger partial charge in [-0.3, -0.25) is 4.79 Å². The molecule has 0 spiro atoms. The van der Waals surface area contributed by atoms with Gasteiger partial charge in [-0.25, -0.2) is 8.42 Å². The number of benzene rings is 1. The summed E-state index contributed by atoms with van der Waals surface area (Å²) >= 11 is 1.26. The molecule has 1 aromatic carbocycles. The van der Waals surface area contributed by atoms with Gasteiger partial charge in [-0.1, -0.05) is 37.8 Å². The van der Waals surface area contributed by atoms with Crippen LogP contribution in [-0.4, -0.2) is 52.2 Å². The Labute approximate surface area is 170 Å². The van der Waals surface area contributed by atoms with Crippen molar-refractivity contribution < 1.29 is 13.2 Å². The first kappa shape index (κ1) is 22.1. The zero-order valence-corrected chi connectivity index (χ0v) is 17.9. The normalized spacial score (nSPS) is 11.6. The van der Waals surface area contributed by atoms with Crippen molar-refractivity contribution in [2.24, 2.45) is 0 Å². The topological polar surface area (TPSA) is 97.2 Å². The highest BCUT2D eigenvalue weighted by molar-refractivity contribution is 7.99. The van der Waals surface area contributed by atoms with Crippen molar-refractivity contribution in [3.05, 3.63) is 42.7 Å². The fourth-order valence-corrected chi connectivity index (χ4v) is 4.88. The number of sulfonamides is 1. The van der Waals surface area contributed by atoms with E-state index < -0.39 is 10.0 Å². The molecular weight excluding hydrogens is 398 g/mol. The van der Waals surface area contributed by atoms with Crippen LogP contribution < -0.4 is 5.32 Å². The first-order valence-electron chi connectivity index (χ1n) is 8.87. The number of carbonyl (C=O) groups excluding carboxylic acids is 1. The van der Waals surface area contributed by atoms with E-state index in [1.165, 1.54) is 28.2 Å². The third kappa shape index (κ3) is 5.21. The molecule has 0 aliphatic carbocycles. The van der Waals surface area contributed by atoms with Gasteiger partial charge in [0.2, 0.25) is 15.9 Å². The van der Waals surface area contributed by atoms with Gasteiger partial charge in [-0.2, -0.15) is 4.31 Å². The predicted molar refractivity (Wildman–Crippen MR) is 111 cm³/mol. The fourth-order valence-electron chi connectivity index (χ4n) is 2.58. The minimum absolute atomic E-state index is 0.127. The molecule has 0 aliphatic rings. The summed E-state index contributed by atoms with van der Waals surface area (Å²) in [7, 11) is -3.58. The highest BCUT2D eigenvalue weighted by Crippen LogP contribution is 2.21. The van der Waals surface area contributed by atoms with Gasteiger partial charge in [0, 0.05) is 25.3 Å². The van der Waals surface area contributed by atoms with Gasteiger partial charge in [0.15, 0.2) is 5.16 Å². The molecule has 0 saturated carbocycles. The van der Waals surface area contributed by atoms with Crippen LogP contribution in [0.15, 0.2) is 47.0 Å². The minimum Gasteiger partial charge on any atom is -0.325 e. The molecule has 152 valence electrons. The molecule has 0 radical (unpaired) electrons. The second-order valence-electron chi connectivity index (χ2n) is 5.88. The van der Waals surface area contributed by atoms with Crippen molar-refractivity contribution in [2.45, 2.75) is 37.4 Å². The third-order valence-electron chi connectivity index (χ3n) is 4.01. The smallest absolute Gasteiger partial charge is 0.243 e. The van der Waals surface area contributed by atoms with Gasteiger partial charge in [-0.15, -0.1) is 16.8 Å². The second kappa shape index (κ2) is 9.85. The maximum atomic E-state index is 12.6. The monoisotopic (exact) mass is 423 g/mol. The molecule has 1 heterocycles. The van der Waals surface area contributed by atoms with E-state index in [2.05, 4.69) is 22.1 Å². The molecule has 0 atom stereocenters. The van der Waals surface area contributed by atoms with Crippen molar-refractivity contribution in [3.8, 4) is 0 Å². The molecule has 8 nitrogen and oxygen atoms in total. The summed E-state index contributed by atoms with van der Waals surface area (Å²) in [5.41, 5.74) is 0.433. The van der Waals surface area contributed by atoms with Crippen LogP contribution >= 0.6 is 11.8 Å². The summed E-state index contributed by atoms with van der Waals surface area (Å²) in [5, 5.41) is 11.4. The van der Waals surface area contributed by atoms with Crippen LogP contribution in [0.2, 0.25) is 0 Å². The van der Waals surface area contributed by atoms with Crippen molar-refractivity contribution in [2.75, 3.05) is 24.2 Å². The van der Waals surface area contributed by atoms with Gasteiger partial charge in [-0.05, 0) is 25.1 Å². The lowest BCUT2D eigenvalue weighted by Gasteiger charge is -2.18. The van der Waals surface area contributed by atoms with E-state index in [-0.39, 0.29) is 16.6 Å². The van der Waals surface area contributed by atoms with Gasteiger partial charge < -0.3 is 9.88 Å². The minimum atomic E-state index is -3.58. The molecule has 0 fully saturated rings. The van der Waals surface area contributed by atoms with Crippen LogP contribution in [0.25, 0.3) is 0 Å². The summed E-state index contributed by atoms with van der Waals surface area (Å²) in [6, 6.07) is 6.27. The number of anilines is 1. The molecule has 2 aromatic rings. The number of aromatic nitrogens is 3. The summed E-state index contributed by atoms with van der Waals surface area (Å²) in [4.78, 5) is 12.5. The molecule has 2 rings (SSSR count). The van der Waals surface area contributed by atoms with E-state index in [1.54, 1.807) is 32.1 Å². The van der Waals surface area contributed by atoms with Crippen LogP contribution in [0.5, 0.6) is 0 Å². The summed E-state index contributed by atoms with van der Waals surface area (Å²) in [5.74, 6) is 0.618. The zero-order chi connectivity index (χ0) is 20.7. The molecule has 0 saturated heterocycles. The third-order valence-corrected chi connectivity index (χ3v) is 7.02. The van der Waals surface area contributed by atoms with Crippen LogP contribution in [-0.2, 0) is 21.4 Å². The Balaban J connectivity index is 2.06. The van der Waals surface area contributed by atoms with Crippen molar-refractivity contribution in [1.29, 1.82) is 0 Å². The Bertz CT molecular complexity index is 936. The zero-order valence-electron chi connectivity index (χ0n) is 16.3. The Kier molecular flexibility index (Phi) is 7.78. The molecule has 10 heteroatoms. The number of nitrogens with one attached hydrogen (secondary N) is 1. The Morgan fingerprint density at radius 3 is 2.68 bits per heavy atom. The Morgan fingerprint density at radius 1 is 1.32 bits per heavy atom. The molecule has 28 heavy (non-hydrogen) atoms. The number of amides is 1. The fraction of sp³-hybridized carbons (Fsp3) is 0.389. The number of nitrogens with zero attached hydrogens (tertiary/aromatic N) is 4. The molecule has 0 aliphatic heterocycles. The van der Waals surface area contributed by atoms with E-state index in [1.807, 2.05) is 11.5 Å². The average molecular weight is 424 g/mol. The number of rotatable bonds is 10. The van der Waals surface area contributed by atoms with E-state index in [9.17, 15) is 13.2 Å². The van der Waals surface area contributed by atoms with E-state index in [0.717, 1.165) is 5.82 Å². The number of allylic oxidation sites excluding steroid dienone is 1. The lowest BCUT2D eigenvalue weighted by Crippen LogP contribution is -2.30. The first-order chi connectivity index (χ1) is 13.3. The van der Waals surface area contributed by atoms with Crippen molar-refractivity contribution in [3.63, 3.8) is 0 Å². The lowest BCUT2D eigenvalue weighted by molar-refractivity contribution is -0.113. The Hall–Kier alpha value is -2.17. The van der Waals surface area contributed by atoms with Crippen molar-refractivity contribution in [1.82, 2.24) is 19.1 Å². The average Bonchev–Trinajstić information content (AvgIpc) is 3.01. The molecule has 0 unspecified atom stereocenters. The van der Waals surface area contributed by atoms with E-state index in [0.29, 0.717) is 30.5 Å². The quantitative estimate of drug-likeness (QED) is 0.466. The van der Waals surface area contributed by atoms with Crippen LogP contribution in [0.3, 0.4) is 0 Å². The Morgan fingerprint density at radius 2 is 2.04 bits per heavy atom. The van der Waals surface area contributed by atoms with Crippen LogP contribution in [0.4, 0.5) is 5.69 Å². The number of aryl methyl sites for hydroxylation is 1. The largest absolute Gasteiger partial charge is 0.325 e. The highest BCUT2D eigenvalue weighted by Gasteiger charge is 2.22. The predicted octanol–water partition coefficient (Wildman–Crippen LogP) is 2.53. The molecule has 0 bridgehead atoms. The molecule has 1 aromatic heterocycles. The summed E-state index contributed by atoms with van der Waals surface area (Å²) in [6.45, 7) is 10.5. The van der Waals surface area contributed by atoms with Gasteiger partial charge in [0.1, 0.15) is 5.82 Å². The van der Waals surface area contributed by atoms with Gasteiger partial charge >= 0.3 is 0 Å². The molecule has 1 N–H and O–H groups in total. The second-order valence-corrected chi connectivity index (χ2v) is 8.76. The van der Waals surface area contributed by atoms with Gasteiger partial charge in [0.25, 0.3) is 0 Å². The van der Waals surface area contributed by atoms with E-state index >= 15 is 0 Å². The summed E-state index contributed by atoms with van der Waals surface area (Å²) in [6.07, 6.45) is 1.74. The highest BCUT2D eigenvalue weighted by atomic mass is 32.2. The van der Waals surface area contributed by atoms with Crippen LogP contribution in [0.1, 0.15) is 19.7 Å². The number of carbonyl (C=O) groups is 1. The van der Waals surface area contributed by atoms with E-state index in [4.69, 9.17) is 0 Å². The summed E-state index contributed by atoms with van der Waals surface area (Å²) < 4.78 is 28.5. The maximum Gasteiger partial charge on any atom is 0.243 e. The number of hydrogen-bond donors (Lipinski definition) is 1. The van der Waals surface area contributed by atoms with Crippen LogP contribution in [0, 0.1) is 6.92 Å². The molecular formula is C18H25N5O3S2. The SMILES string of the molecule is C=CCn1c(C)nnc1SCC(=O)Nc1cccc(S(=O)(=O)N(CC)CC)c1.